The first-order chi connectivity index (χ1) is 19.9. The van der Waals surface area contributed by atoms with Crippen LogP contribution in [0.2, 0.25) is 0 Å². The number of ether oxygens (including phenoxy) is 1. The summed E-state index contributed by atoms with van der Waals surface area (Å²) in [6, 6.07) is 25.4. The van der Waals surface area contributed by atoms with E-state index in [0.717, 1.165) is 27.8 Å². The molecule has 212 valence electrons. The van der Waals surface area contributed by atoms with E-state index in [1.165, 1.54) is 0 Å². The highest BCUT2D eigenvalue weighted by Crippen LogP contribution is 2.51. The zero-order valence-corrected chi connectivity index (χ0v) is 23.1. The smallest absolute Gasteiger partial charge is 0.407 e. The fourth-order valence-corrected chi connectivity index (χ4v) is 6.76. The van der Waals surface area contributed by atoms with Gasteiger partial charge in [0.1, 0.15) is 12.6 Å². The molecule has 1 saturated heterocycles. The van der Waals surface area contributed by atoms with Gasteiger partial charge in [-0.2, -0.15) is 0 Å². The number of carbonyl (C=O) groups is 3. The SMILES string of the molecule is CN(Cc1ccccc1)CC(NC(=O)OCC1c2ccccc2-c2ccccc21)C(=O)N1CC[C@H]2C(C(=O)O)[C@H]2C1. The summed E-state index contributed by atoms with van der Waals surface area (Å²) in [6.45, 7) is 1.98. The molecule has 4 atom stereocenters. The highest BCUT2D eigenvalue weighted by Gasteiger charge is 2.57. The average Bonchev–Trinajstić information content (AvgIpc) is 3.63. The van der Waals surface area contributed by atoms with Crippen molar-refractivity contribution in [2.75, 3.05) is 33.3 Å². The average molecular weight is 554 g/mol. The summed E-state index contributed by atoms with van der Waals surface area (Å²) >= 11 is 0. The number of likely N-dealkylation sites (tertiary alicyclic amines) is 1. The number of rotatable bonds is 9. The number of nitrogens with zero attached hydrogens (tertiary/aromatic N) is 2. The van der Waals surface area contributed by atoms with Crippen LogP contribution in [0.3, 0.4) is 0 Å². The van der Waals surface area contributed by atoms with E-state index in [1.807, 2.05) is 66.5 Å². The summed E-state index contributed by atoms with van der Waals surface area (Å²) in [5.41, 5.74) is 5.64. The van der Waals surface area contributed by atoms with Gasteiger partial charge in [0.2, 0.25) is 5.91 Å². The van der Waals surface area contributed by atoms with Crippen molar-refractivity contribution in [2.24, 2.45) is 17.8 Å². The van der Waals surface area contributed by atoms with E-state index >= 15 is 0 Å². The topological polar surface area (TPSA) is 99.2 Å². The molecule has 2 unspecified atom stereocenters. The number of alkyl carbamates (subject to hydrolysis) is 1. The van der Waals surface area contributed by atoms with Gasteiger partial charge in [-0.3, -0.25) is 14.5 Å². The monoisotopic (exact) mass is 553 g/mol. The van der Waals surface area contributed by atoms with E-state index in [0.29, 0.717) is 32.6 Å². The molecule has 0 bridgehead atoms. The maximum absolute atomic E-state index is 13.7. The molecule has 0 spiro atoms. The molecule has 3 aliphatic rings. The maximum atomic E-state index is 13.7. The molecular weight excluding hydrogens is 518 g/mol. The minimum Gasteiger partial charge on any atom is -0.481 e. The zero-order chi connectivity index (χ0) is 28.5. The number of hydrogen-bond acceptors (Lipinski definition) is 5. The predicted molar refractivity (Wildman–Crippen MR) is 154 cm³/mol. The number of carboxylic acids is 1. The van der Waals surface area contributed by atoms with Crippen LogP contribution < -0.4 is 5.32 Å². The van der Waals surface area contributed by atoms with Crippen molar-refractivity contribution in [3.8, 4) is 11.1 Å². The maximum Gasteiger partial charge on any atom is 0.407 e. The molecule has 2 amide bonds. The molecule has 41 heavy (non-hydrogen) atoms. The molecule has 1 heterocycles. The number of hydrogen-bond donors (Lipinski definition) is 2. The number of benzene rings is 3. The highest BCUT2D eigenvalue weighted by molar-refractivity contribution is 5.86. The second-order valence-corrected chi connectivity index (χ2v) is 11.5. The largest absolute Gasteiger partial charge is 0.481 e. The first-order valence-electron chi connectivity index (χ1n) is 14.3. The van der Waals surface area contributed by atoms with Gasteiger partial charge >= 0.3 is 12.1 Å². The summed E-state index contributed by atoms with van der Waals surface area (Å²) in [6.07, 6.45) is 0.0354. The van der Waals surface area contributed by atoms with Gasteiger partial charge < -0.3 is 20.1 Å². The van der Waals surface area contributed by atoms with E-state index in [-0.39, 0.29) is 36.2 Å². The standard InChI is InChI=1S/C33H35N3O5/c1-35(17-21-9-3-2-4-10-21)19-29(31(37)36-16-15-26-27(18-36)30(26)32(38)39)34-33(40)41-20-28-24-13-7-5-11-22(24)23-12-6-8-14-25(23)28/h2-14,26-30H,15-20H2,1H3,(H,34,40)(H,38,39)/t26-,27+,29?,30?/m1/s1. The molecule has 2 N–H and O–H groups in total. The van der Waals surface area contributed by atoms with Gasteiger partial charge in [-0.15, -0.1) is 0 Å². The third kappa shape index (κ3) is 5.57. The Hall–Kier alpha value is -4.17. The third-order valence-corrected chi connectivity index (χ3v) is 8.82. The lowest BCUT2D eigenvalue weighted by Gasteiger charge is -2.32. The van der Waals surface area contributed by atoms with Gasteiger partial charge in [-0.25, -0.2) is 4.79 Å². The Bertz CT molecular complexity index is 1400. The van der Waals surface area contributed by atoms with Gasteiger partial charge in [0, 0.05) is 32.1 Å². The molecule has 0 radical (unpaired) electrons. The van der Waals surface area contributed by atoms with Crippen molar-refractivity contribution in [1.29, 1.82) is 0 Å². The molecule has 8 heteroatoms. The number of aliphatic carboxylic acids is 1. The lowest BCUT2D eigenvalue weighted by atomic mass is 9.98. The van der Waals surface area contributed by atoms with Crippen LogP contribution in [0.4, 0.5) is 4.79 Å². The third-order valence-electron chi connectivity index (χ3n) is 8.82. The fraction of sp³-hybridized carbons (Fsp3) is 0.364. The summed E-state index contributed by atoms with van der Waals surface area (Å²) < 4.78 is 5.77. The normalized spacial score (nSPS) is 21.4. The van der Waals surface area contributed by atoms with Crippen LogP contribution in [0.25, 0.3) is 11.1 Å². The lowest BCUT2D eigenvalue weighted by Crippen LogP contribution is -2.54. The van der Waals surface area contributed by atoms with Gasteiger partial charge in [0.25, 0.3) is 0 Å². The summed E-state index contributed by atoms with van der Waals surface area (Å²) in [5.74, 6) is -1.31. The molecule has 8 nitrogen and oxygen atoms in total. The Balaban J connectivity index is 1.14. The Morgan fingerprint density at radius 1 is 0.951 bits per heavy atom. The minimum absolute atomic E-state index is 0.0117. The summed E-state index contributed by atoms with van der Waals surface area (Å²) in [4.78, 5) is 42.2. The van der Waals surface area contributed by atoms with E-state index in [2.05, 4.69) is 29.6 Å². The van der Waals surface area contributed by atoms with Crippen LogP contribution in [0, 0.1) is 17.8 Å². The van der Waals surface area contributed by atoms with Gasteiger partial charge in [-0.1, -0.05) is 78.9 Å². The van der Waals surface area contributed by atoms with Crippen molar-refractivity contribution in [1.82, 2.24) is 15.1 Å². The molecular formula is C33H35N3O5. The van der Waals surface area contributed by atoms with Crippen molar-refractivity contribution < 1.29 is 24.2 Å². The van der Waals surface area contributed by atoms with Crippen LogP contribution in [0.5, 0.6) is 0 Å². The van der Waals surface area contributed by atoms with Gasteiger partial charge in [0.05, 0.1) is 5.92 Å². The van der Waals surface area contributed by atoms with Crippen LogP contribution >= 0.6 is 0 Å². The van der Waals surface area contributed by atoms with E-state index in [1.54, 1.807) is 4.90 Å². The molecule has 0 aromatic heterocycles. The van der Waals surface area contributed by atoms with E-state index in [4.69, 9.17) is 4.74 Å². The van der Waals surface area contributed by atoms with E-state index < -0.39 is 18.1 Å². The summed E-state index contributed by atoms with van der Waals surface area (Å²) in [7, 11) is 1.92. The first kappa shape index (κ1) is 27.0. The second kappa shape index (κ2) is 11.4. The molecule has 3 aromatic carbocycles. The van der Waals surface area contributed by atoms with Crippen LogP contribution in [0.15, 0.2) is 78.9 Å². The van der Waals surface area contributed by atoms with Crippen molar-refractivity contribution in [3.63, 3.8) is 0 Å². The molecule has 2 aliphatic carbocycles. The Kier molecular flexibility index (Phi) is 7.49. The number of likely N-dealkylation sites (N-methyl/N-ethyl adjacent to an activating group) is 1. The molecule has 3 aromatic rings. The fourth-order valence-electron chi connectivity index (χ4n) is 6.76. The Labute approximate surface area is 239 Å². The summed E-state index contributed by atoms with van der Waals surface area (Å²) in [5, 5.41) is 12.3. The number of amides is 2. The minimum atomic E-state index is -0.821. The van der Waals surface area contributed by atoms with E-state index in [9.17, 15) is 19.5 Å². The van der Waals surface area contributed by atoms with Crippen LogP contribution in [-0.4, -0.2) is 72.2 Å². The quantitative estimate of drug-likeness (QED) is 0.412. The number of piperidine rings is 1. The highest BCUT2D eigenvalue weighted by atomic mass is 16.5. The number of carbonyl (C=O) groups excluding carboxylic acids is 2. The van der Waals surface area contributed by atoms with Crippen molar-refractivity contribution >= 4 is 18.0 Å². The second-order valence-electron chi connectivity index (χ2n) is 11.5. The molecule has 1 saturated carbocycles. The number of nitrogens with one attached hydrogen (secondary N) is 1. The van der Waals surface area contributed by atoms with Crippen LogP contribution in [0.1, 0.15) is 29.0 Å². The number of fused-ring (bicyclic) bond motifs is 4. The molecule has 2 fully saturated rings. The lowest BCUT2D eigenvalue weighted by molar-refractivity contribution is -0.139. The van der Waals surface area contributed by atoms with Gasteiger partial charge in [-0.05, 0) is 53.1 Å². The van der Waals surface area contributed by atoms with Crippen molar-refractivity contribution in [2.45, 2.75) is 24.9 Å². The zero-order valence-electron chi connectivity index (χ0n) is 23.1. The van der Waals surface area contributed by atoms with Crippen LogP contribution in [-0.2, 0) is 20.9 Å². The molecule has 6 rings (SSSR count). The number of carboxylic acid groups (broad SMARTS) is 1. The Morgan fingerprint density at radius 2 is 1.59 bits per heavy atom. The molecule has 1 aliphatic heterocycles. The van der Waals surface area contributed by atoms with Crippen molar-refractivity contribution in [3.05, 3.63) is 95.6 Å². The Morgan fingerprint density at radius 3 is 2.24 bits per heavy atom. The predicted octanol–water partition coefficient (Wildman–Crippen LogP) is 4.20. The first-order valence-corrected chi connectivity index (χ1v) is 14.3. The van der Waals surface area contributed by atoms with Gasteiger partial charge in [0.15, 0.2) is 0 Å².